The Labute approximate surface area is 201 Å². The van der Waals surface area contributed by atoms with Gasteiger partial charge in [-0.15, -0.1) is 0 Å². The molecule has 0 aliphatic heterocycles. The molecule has 0 fully saturated rings. The third-order valence-corrected chi connectivity index (χ3v) is 5.56. The zero-order chi connectivity index (χ0) is 24.2. The highest BCUT2D eigenvalue weighted by atomic mass is 32.1. The Bertz CT molecular complexity index is 875. The first kappa shape index (κ1) is 26.2. The van der Waals surface area contributed by atoms with Crippen LogP contribution in [0.15, 0.2) is 60.7 Å². The molecule has 176 valence electrons. The summed E-state index contributed by atoms with van der Waals surface area (Å²) in [7, 11) is 0. The number of hydrogen-bond acceptors (Lipinski definition) is 4. The number of rotatable bonds is 12. The number of carbonyl (C=O) groups is 3. The lowest BCUT2D eigenvalue weighted by Crippen LogP contribution is -2.57. The van der Waals surface area contributed by atoms with Crippen LogP contribution in [0.4, 0.5) is 0 Å². The first-order valence-corrected chi connectivity index (χ1v) is 11.6. The molecule has 2 rings (SSSR count). The highest BCUT2D eigenvalue weighted by Crippen LogP contribution is 2.14. The summed E-state index contributed by atoms with van der Waals surface area (Å²) >= 11 is 5.24. The Morgan fingerprint density at radius 1 is 0.758 bits per heavy atom. The second-order valence-corrected chi connectivity index (χ2v) is 8.97. The van der Waals surface area contributed by atoms with Crippen molar-refractivity contribution < 1.29 is 14.4 Å². The molecule has 6 nitrogen and oxygen atoms in total. The molecular formula is C26H33N3O3S. The van der Waals surface area contributed by atoms with Crippen LogP contribution in [0.1, 0.15) is 31.9 Å². The van der Waals surface area contributed by atoms with Gasteiger partial charge in [0.25, 0.3) is 11.8 Å². The van der Waals surface area contributed by atoms with E-state index >= 15 is 0 Å². The van der Waals surface area contributed by atoms with Gasteiger partial charge in [0.05, 0.1) is 5.92 Å². The molecule has 2 aromatic carbocycles. The molecule has 0 saturated carbocycles. The van der Waals surface area contributed by atoms with Crippen LogP contribution in [0, 0.1) is 11.8 Å². The molecule has 0 aliphatic rings. The van der Waals surface area contributed by atoms with Crippen LogP contribution in [-0.2, 0) is 27.2 Å². The normalized spacial score (nSPS) is 11.7. The van der Waals surface area contributed by atoms with Gasteiger partial charge in [-0.3, -0.25) is 14.4 Å². The van der Waals surface area contributed by atoms with Gasteiger partial charge in [-0.05, 0) is 36.8 Å². The quantitative estimate of drug-likeness (QED) is 0.331. The maximum atomic E-state index is 12.9. The zero-order valence-electron chi connectivity index (χ0n) is 19.5. The largest absolute Gasteiger partial charge is 0.354 e. The third-order valence-electron chi connectivity index (χ3n) is 5.31. The molecule has 0 bridgehead atoms. The van der Waals surface area contributed by atoms with Crippen LogP contribution >= 0.6 is 12.2 Å². The number of benzene rings is 2. The molecule has 33 heavy (non-hydrogen) atoms. The summed E-state index contributed by atoms with van der Waals surface area (Å²) < 4.78 is 0. The van der Waals surface area contributed by atoms with Gasteiger partial charge in [-0.2, -0.15) is 0 Å². The van der Waals surface area contributed by atoms with Gasteiger partial charge in [0.15, 0.2) is 6.04 Å². The van der Waals surface area contributed by atoms with Gasteiger partial charge in [-0.25, -0.2) is 0 Å². The van der Waals surface area contributed by atoms with E-state index in [1.807, 2.05) is 74.5 Å². The highest BCUT2D eigenvalue weighted by Gasteiger charge is 2.32. The topological polar surface area (TPSA) is 87.3 Å². The van der Waals surface area contributed by atoms with Gasteiger partial charge in [0, 0.05) is 18.0 Å². The average Bonchev–Trinajstić information content (AvgIpc) is 2.78. The third kappa shape index (κ3) is 8.77. The number of carbonyl (C=O) groups excluding carboxylic acids is 3. The van der Waals surface area contributed by atoms with Crippen LogP contribution in [0.2, 0.25) is 0 Å². The minimum atomic E-state index is -1.33. The van der Waals surface area contributed by atoms with E-state index in [1.165, 1.54) is 0 Å². The van der Waals surface area contributed by atoms with Crippen molar-refractivity contribution in [2.24, 2.45) is 11.8 Å². The zero-order valence-corrected chi connectivity index (χ0v) is 20.3. The molecule has 2 aromatic rings. The first-order chi connectivity index (χ1) is 15.8. The summed E-state index contributed by atoms with van der Waals surface area (Å²) in [6.45, 7) is 6.18. The van der Waals surface area contributed by atoms with E-state index in [2.05, 4.69) is 16.0 Å². The van der Waals surface area contributed by atoms with E-state index in [0.29, 0.717) is 30.8 Å². The molecule has 0 radical (unpaired) electrons. The predicted octanol–water partition coefficient (Wildman–Crippen LogP) is 2.85. The van der Waals surface area contributed by atoms with Gasteiger partial charge in [0.1, 0.15) is 0 Å². The summed E-state index contributed by atoms with van der Waals surface area (Å²) in [5, 5.41) is 8.18. The molecule has 3 amide bonds. The summed E-state index contributed by atoms with van der Waals surface area (Å²) in [4.78, 5) is 39.2. The van der Waals surface area contributed by atoms with Crippen LogP contribution in [0.25, 0.3) is 0 Å². The summed E-state index contributed by atoms with van der Waals surface area (Å²) in [6.07, 6.45) is 1.24. The summed E-state index contributed by atoms with van der Waals surface area (Å²) in [5.41, 5.74) is 2.14. The molecule has 1 unspecified atom stereocenters. The minimum absolute atomic E-state index is 0.0505. The van der Waals surface area contributed by atoms with Crippen molar-refractivity contribution in [3.63, 3.8) is 0 Å². The van der Waals surface area contributed by atoms with Crippen molar-refractivity contribution >= 4 is 34.8 Å². The van der Waals surface area contributed by atoms with Crippen LogP contribution in [0.5, 0.6) is 0 Å². The molecule has 0 spiro atoms. The first-order valence-electron chi connectivity index (χ1n) is 11.2. The van der Waals surface area contributed by atoms with Gasteiger partial charge >= 0.3 is 0 Å². The number of thiocarbonyl (C=S) groups is 1. The molecule has 0 aromatic heterocycles. The van der Waals surface area contributed by atoms with Crippen molar-refractivity contribution in [2.75, 3.05) is 13.1 Å². The van der Waals surface area contributed by atoms with Crippen molar-refractivity contribution in [3.8, 4) is 0 Å². The Morgan fingerprint density at radius 2 is 1.18 bits per heavy atom. The summed E-state index contributed by atoms with van der Waals surface area (Å²) in [5.74, 6) is -2.11. The Hall–Kier alpha value is -3.06. The second kappa shape index (κ2) is 13.5. The Balaban J connectivity index is 2.03. The Kier molecular flexibility index (Phi) is 10.7. The van der Waals surface area contributed by atoms with Crippen molar-refractivity contribution in [1.29, 1.82) is 0 Å². The van der Waals surface area contributed by atoms with E-state index in [-0.39, 0.29) is 5.92 Å². The summed E-state index contributed by atoms with van der Waals surface area (Å²) in [6, 6.07) is 18.1. The van der Waals surface area contributed by atoms with Gasteiger partial charge in [-0.1, -0.05) is 86.7 Å². The van der Waals surface area contributed by atoms with Crippen LogP contribution in [-0.4, -0.2) is 41.7 Å². The SMILES string of the molecule is CC(=S)C(C(=O)NC(C(=O)NCCc1ccccc1)C(=O)NCCc1ccccc1)C(C)C. The fourth-order valence-corrected chi connectivity index (χ4v) is 3.97. The molecule has 1 atom stereocenters. The molecule has 3 N–H and O–H groups in total. The molecule has 0 saturated heterocycles. The predicted molar refractivity (Wildman–Crippen MR) is 135 cm³/mol. The maximum absolute atomic E-state index is 12.9. The number of amides is 3. The lowest BCUT2D eigenvalue weighted by molar-refractivity contribution is -0.137. The second-order valence-electron chi connectivity index (χ2n) is 8.33. The van der Waals surface area contributed by atoms with E-state index in [4.69, 9.17) is 12.2 Å². The van der Waals surface area contributed by atoms with Crippen molar-refractivity contribution in [3.05, 3.63) is 71.8 Å². The monoisotopic (exact) mass is 467 g/mol. The number of hydrogen-bond donors (Lipinski definition) is 3. The van der Waals surface area contributed by atoms with Crippen LogP contribution in [0.3, 0.4) is 0 Å². The van der Waals surface area contributed by atoms with Crippen molar-refractivity contribution in [1.82, 2.24) is 16.0 Å². The maximum Gasteiger partial charge on any atom is 0.252 e. The van der Waals surface area contributed by atoms with E-state index < -0.39 is 29.7 Å². The minimum Gasteiger partial charge on any atom is -0.354 e. The van der Waals surface area contributed by atoms with Crippen molar-refractivity contribution in [2.45, 2.75) is 39.7 Å². The fourth-order valence-electron chi connectivity index (χ4n) is 3.59. The van der Waals surface area contributed by atoms with E-state index in [0.717, 1.165) is 11.1 Å². The van der Waals surface area contributed by atoms with Gasteiger partial charge in [0.2, 0.25) is 5.91 Å². The highest BCUT2D eigenvalue weighted by molar-refractivity contribution is 7.80. The molecular weight excluding hydrogens is 434 g/mol. The molecule has 7 heteroatoms. The van der Waals surface area contributed by atoms with E-state index in [1.54, 1.807) is 6.92 Å². The Morgan fingerprint density at radius 3 is 1.55 bits per heavy atom. The lowest BCUT2D eigenvalue weighted by atomic mass is 9.92. The van der Waals surface area contributed by atoms with E-state index in [9.17, 15) is 14.4 Å². The fraction of sp³-hybridized carbons (Fsp3) is 0.385. The smallest absolute Gasteiger partial charge is 0.252 e. The number of nitrogens with one attached hydrogen (secondary N) is 3. The van der Waals surface area contributed by atoms with Crippen LogP contribution < -0.4 is 16.0 Å². The molecule has 0 aliphatic carbocycles. The standard InChI is InChI=1S/C26H33N3O3S/c1-18(2)22(19(3)33)24(30)29-23(25(31)27-16-14-20-10-6-4-7-11-20)26(32)28-17-15-21-12-8-5-9-13-21/h4-13,18,22-23H,14-17H2,1-3H3,(H,27,31)(H,28,32)(H,29,30). The van der Waals surface area contributed by atoms with Gasteiger partial charge < -0.3 is 16.0 Å². The molecule has 0 heterocycles. The lowest BCUT2D eigenvalue weighted by Gasteiger charge is -2.23. The average molecular weight is 468 g/mol.